The molecule has 0 aliphatic carbocycles. The van der Waals surface area contributed by atoms with Crippen molar-refractivity contribution in [2.75, 3.05) is 0 Å². The molecule has 0 aromatic carbocycles. The summed E-state index contributed by atoms with van der Waals surface area (Å²) < 4.78 is 10.5. The fourth-order valence-electron chi connectivity index (χ4n) is 1.98. The van der Waals surface area contributed by atoms with Gasteiger partial charge in [-0.25, -0.2) is 4.79 Å². The Morgan fingerprint density at radius 1 is 1.50 bits per heavy atom. The van der Waals surface area contributed by atoms with E-state index in [4.69, 9.17) is 9.47 Å². The molecule has 1 N–H and O–H groups in total. The largest absolute Gasteiger partial charge is 0.453 e. The minimum Gasteiger partial charge on any atom is -0.453 e. The van der Waals surface area contributed by atoms with E-state index >= 15 is 0 Å². The highest BCUT2D eigenvalue weighted by Gasteiger charge is 2.50. The highest BCUT2D eigenvalue weighted by atomic mass is 16.6. The topological polar surface area (TPSA) is 55.8 Å². The van der Waals surface area contributed by atoms with Gasteiger partial charge in [-0.05, 0) is 19.8 Å². The fourth-order valence-corrected chi connectivity index (χ4v) is 1.98. The quantitative estimate of drug-likeness (QED) is 0.515. The Balaban J connectivity index is 1.99. The maximum atomic E-state index is 11.2. The van der Waals surface area contributed by atoms with E-state index in [1.807, 2.05) is 0 Å². The molecule has 4 unspecified atom stereocenters. The van der Waals surface area contributed by atoms with E-state index < -0.39 is 18.2 Å². The molecule has 2 bridgehead atoms. The van der Waals surface area contributed by atoms with Gasteiger partial charge in [0.1, 0.15) is 6.10 Å². The Kier molecular flexibility index (Phi) is 2.33. The van der Waals surface area contributed by atoms with Crippen molar-refractivity contribution in [2.24, 2.45) is 0 Å². The zero-order valence-electron chi connectivity index (χ0n) is 8.10. The lowest BCUT2D eigenvalue weighted by molar-refractivity contribution is -0.151. The summed E-state index contributed by atoms with van der Waals surface area (Å²) in [4.78, 5) is 11.2. The zero-order chi connectivity index (χ0) is 10.3. The van der Waals surface area contributed by atoms with E-state index in [1.165, 1.54) is 0 Å². The number of esters is 1. The molecule has 0 spiro atoms. The van der Waals surface area contributed by atoms with Gasteiger partial charge in [-0.15, -0.1) is 0 Å². The van der Waals surface area contributed by atoms with Crippen molar-refractivity contribution in [3.8, 4) is 0 Å². The van der Waals surface area contributed by atoms with Crippen LogP contribution in [0.4, 0.5) is 0 Å². The van der Waals surface area contributed by atoms with E-state index in [-0.39, 0.29) is 12.2 Å². The molecule has 4 atom stereocenters. The second-order valence-electron chi connectivity index (χ2n) is 3.93. The van der Waals surface area contributed by atoms with Gasteiger partial charge in [-0.3, -0.25) is 0 Å². The summed E-state index contributed by atoms with van der Waals surface area (Å²) in [5.41, 5.74) is 0.347. The molecule has 14 heavy (non-hydrogen) atoms. The Labute approximate surface area is 82.5 Å². The van der Waals surface area contributed by atoms with Gasteiger partial charge in [-0.2, -0.15) is 0 Å². The monoisotopic (exact) mass is 198 g/mol. The predicted molar refractivity (Wildman–Crippen MR) is 48.6 cm³/mol. The van der Waals surface area contributed by atoms with E-state index in [0.29, 0.717) is 5.57 Å². The fraction of sp³-hybridized carbons (Fsp3) is 0.700. The minimum atomic E-state index is -0.669. The Morgan fingerprint density at radius 2 is 2.14 bits per heavy atom. The third-order valence-electron chi connectivity index (χ3n) is 2.76. The highest BCUT2D eigenvalue weighted by Crippen LogP contribution is 2.36. The van der Waals surface area contributed by atoms with Crippen molar-refractivity contribution in [1.29, 1.82) is 0 Å². The molecule has 2 rings (SSSR count). The van der Waals surface area contributed by atoms with Crippen molar-refractivity contribution in [1.82, 2.24) is 0 Å². The minimum absolute atomic E-state index is 0.127. The first-order valence-electron chi connectivity index (χ1n) is 4.79. The Morgan fingerprint density at radius 3 is 2.64 bits per heavy atom. The molecule has 2 aliphatic rings. The number of carbonyl (C=O) groups is 1. The molecular weight excluding hydrogens is 184 g/mol. The van der Waals surface area contributed by atoms with Gasteiger partial charge in [-0.1, -0.05) is 6.58 Å². The van der Waals surface area contributed by atoms with E-state index in [2.05, 4.69) is 6.58 Å². The lowest BCUT2D eigenvalue weighted by atomic mass is 9.95. The molecule has 2 aliphatic heterocycles. The molecule has 2 fully saturated rings. The maximum absolute atomic E-state index is 11.2. The number of rotatable bonds is 2. The summed E-state index contributed by atoms with van der Waals surface area (Å²) in [6, 6.07) is 0. The number of hydrogen-bond acceptors (Lipinski definition) is 4. The number of hydrogen-bond donors (Lipinski definition) is 1. The maximum Gasteiger partial charge on any atom is 0.333 e. The summed E-state index contributed by atoms with van der Waals surface area (Å²) in [5, 5.41) is 9.68. The van der Waals surface area contributed by atoms with Crippen LogP contribution in [0.1, 0.15) is 19.8 Å². The third-order valence-corrected chi connectivity index (χ3v) is 2.76. The van der Waals surface area contributed by atoms with Crippen LogP contribution in [0.3, 0.4) is 0 Å². The molecule has 78 valence electrons. The van der Waals surface area contributed by atoms with Crippen LogP contribution >= 0.6 is 0 Å². The van der Waals surface area contributed by atoms with Crippen molar-refractivity contribution in [2.45, 2.75) is 44.2 Å². The SMILES string of the molecule is C=C(C)C(=O)OC1C2CCC(O2)C1O. The molecule has 4 nitrogen and oxygen atoms in total. The number of ether oxygens (including phenoxy) is 2. The number of aliphatic hydroxyl groups is 1. The lowest BCUT2D eigenvalue weighted by Gasteiger charge is -2.23. The standard InChI is InChI=1S/C10H14O4/c1-5(2)10(12)14-9-7-4-3-6(13-7)8(9)11/h6-9,11H,1,3-4H2,2H3. The molecule has 0 radical (unpaired) electrons. The van der Waals surface area contributed by atoms with Crippen LogP contribution in [0.5, 0.6) is 0 Å². The third kappa shape index (κ3) is 1.44. The first-order valence-corrected chi connectivity index (χ1v) is 4.79. The number of carbonyl (C=O) groups excluding carboxylic acids is 1. The van der Waals surface area contributed by atoms with Crippen LogP contribution in [0.25, 0.3) is 0 Å². The molecule has 4 heteroatoms. The molecule has 2 saturated heterocycles. The second kappa shape index (κ2) is 3.37. The summed E-state index contributed by atoms with van der Waals surface area (Å²) in [7, 11) is 0. The van der Waals surface area contributed by atoms with E-state index in [1.54, 1.807) is 6.92 Å². The molecular formula is C10H14O4. The summed E-state index contributed by atoms with van der Waals surface area (Å²) >= 11 is 0. The average Bonchev–Trinajstić information content (AvgIpc) is 2.69. The summed E-state index contributed by atoms with van der Waals surface area (Å²) in [6.07, 6.45) is 0.263. The van der Waals surface area contributed by atoms with E-state index in [0.717, 1.165) is 12.8 Å². The Hall–Kier alpha value is -0.870. The number of fused-ring (bicyclic) bond motifs is 2. The number of aliphatic hydroxyl groups excluding tert-OH is 1. The smallest absolute Gasteiger partial charge is 0.333 e. The van der Waals surface area contributed by atoms with Crippen LogP contribution in [0.2, 0.25) is 0 Å². The zero-order valence-corrected chi connectivity index (χ0v) is 8.10. The lowest BCUT2D eigenvalue weighted by Crippen LogP contribution is -2.40. The van der Waals surface area contributed by atoms with Crippen LogP contribution in [0.15, 0.2) is 12.2 Å². The molecule has 0 saturated carbocycles. The summed E-state index contributed by atoms with van der Waals surface area (Å²) in [6.45, 7) is 5.07. The normalized spacial score (nSPS) is 39.9. The van der Waals surface area contributed by atoms with Crippen molar-refractivity contribution >= 4 is 5.97 Å². The van der Waals surface area contributed by atoms with Gasteiger partial charge >= 0.3 is 5.97 Å². The molecule has 0 amide bonds. The van der Waals surface area contributed by atoms with Gasteiger partial charge in [0.15, 0.2) is 6.10 Å². The highest BCUT2D eigenvalue weighted by molar-refractivity contribution is 5.87. The van der Waals surface area contributed by atoms with Gasteiger partial charge in [0.25, 0.3) is 0 Å². The Bertz CT molecular complexity index is 271. The second-order valence-corrected chi connectivity index (χ2v) is 3.93. The molecule has 2 heterocycles. The summed E-state index contributed by atoms with van der Waals surface area (Å²) in [5.74, 6) is -0.454. The van der Waals surface area contributed by atoms with Crippen LogP contribution in [-0.2, 0) is 14.3 Å². The first-order chi connectivity index (χ1) is 6.59. The van der Waals surface area contributed by atoms with Crippen LogP contribution < -0.4 is 0 Å². The van der Waals surface area contributed by atoms with Crippen LogP contribution in [0, 0.1) is 0 Å². The van der Waals surface area contributed by atoms with Crippen molar-refractivity contribution in [3.05, 3.63) is 12.2 Å². The first kappa shape index (κ1) is 9.68. The average molecular weight is 198 g/mol. The molecule has 0 aromatic heterocycles. The van der Waals surface area contributed by atoms with Crippen molar-refractivity contribution in [3.63, 3.8) is 0 Å². The molecule has 0 aromatic rings. The van der Waals surface area contributed by atoms with Crippen LogP contribution in [-0.4, -0.2) is 35.5 Å². The van der Waals surface area contributed by atoms with Gasteiger partial charge in [0.05, 0.1) is 12.2 Å². The van der Waals surface area contributed by atoms with Gasteiger partial charge in [0, 0.05) is 5.57 Å². The van der Waals surface area contributed by atoms with Gasteiger partial charge in [0.2, 0.25) is 0 Å². The van der Waals surface area contributed by atoms with Crippen molar-refractivity contribution < 1.29 is 19.4 Å². The van der Waals surface area contributed by atoms with Gasteiger partial charge < -0.3 is 14.6 Å². The van der Waals surface area contributed by atoms with E-state index in [9.17, 15) is 9.90 Å². The predicted octanol–water partition coefficient (Wildman–Crippen LogP) is 0.396.